The van der Waals surface area contributed by atoms with Crippen LogP contribution in [0.5, 0.6) is 5.75 Å². The van der Waals surface area contributed by atoms with Crippen molar-refractivity contribution < 1.29 is 19.1 Å². The van der Waals surface area contributed by atoms with Crippen LogP contribution in [0, 0.1) is 11.6 Å². The molecule has 3 rings (SSSR count). The average Bonchev–Trinajstić information content (AvgIpc) is 2.48. The van der Waals surface area contributed by atoms with Gasteiger partial charge < -0.3 is 10.3 Å². The van der Waals surface area contributed by atoms with Crippen molar-refractivity contribution in [1.82, 2.24) is 9.71 Å². The van der Waals surface area contributed by atoms with Gasteiger partial charge >= 0.3 is 0 Å². The monoisotopic (exact) mass is 290 g/mol. The first-order valence-electron chi connectivity index (χ1n) is 5.88. The summed E-state index contributed by atoms with van der Waals surface area (Å²) in [7, 11) is 0. The molecular weight excluding hydrogens is 282 g/mol. The van der Waals surface area contributed by atoms with Crippen LogP contribution >= 0.6 is 0 Å². The van der Waals surface area contributed by atoms with Gasteiger partial charge in [0, 0.05) is 6.20 Å². The second-order valence-corrected chi connectivity index (χ2v) is 4.31. The van der Waals surface area contributed by atoms with Gasteiger partial charge in [-0.2, -0.15) is 0 Å². The Morgan fingerprint density at radius 1 is 1.05 bits per heavy atom. The molecule has 5 nitrogen and oxygen atoms in total. The molecule has 2 aromatic heterocycles. The molecule has 0 spiro atoms. The van der Waals surface area contributed by atoms with Crippen LogP contribution in [-0.4, -0.2) is 20.0 Å². The Labute approximate surface area is 116 Å². The quantitative estimate of drug-likeness (QED) is 0.674. The molecule has 0 fully saturated rings. The van der Waals surface area contributed by atoms with Crippen molar-refractivity contribution in [3.05, 3.63) is 58.5 Å². The highest BCUT2D eigenvalue weighted by molar-refractivity contribution is 5.90. The molecule has 2 heterocycles. The third kappa shape index (κ3) is 1.82. The third-order valence-electron chi connectivity index (χ3n) is 3.10. The molecule has 0 saturated heterocycles. The van der Waals surface area contributed by atoms with Gasteiger partial charge in [-0.15, -0.1) is 4.73 Å². The highest BCUT2D eigenvalue weighted by Gasteiger charge is 2.23. The zero-order valence-electron chi connectivity index (χ0n) is 10.4. The van der Waals surface area contributed by atoms with Crippen LogP contribution in [0.4, 0.5) is 8.78 Å². The Hall–Kier alpha value is -2.96. The summed E-state index contributed by atoms with van der Waals surface area (Å²) < 4.78 is 27.8. The maximum absolute atomic E-state index is 13.8. The molecule has 1 aromatic carbocycles. The van der Waals surface area contributed by atoms with Crippen molar-refractivity contribution in [2.75, 3.05) is 0 Å². The van der Waals surface area contributed by atoms with E-state index in [1.807, 2.05) is 0 Å². The van der Waals surface area contributed by atoms with E-state index in [0.29, 0.717) is 0 Å². The van der Waals surface area contributed by atoms with E-state index >= 15 is 0 Å². The summed E-state index contributed by atoms with van der Waals surface area (Å²) in [5.41, 5.74) is -2.73. The lowest BCUT2D eigenvalue weighted by Gasteiger charge is -2.11. The van der Waals surface area contributed by atoms with Gasteiger partial charge in [0.15, 0.2) is 5.65 Å². The molecule has 0 atom stereocenters. The number of aromatic nitrogens is 2. The van der Waals surface area contributed by atoms with Crippen LogP contribution in [0.1, 0.15) is 0 Å². The minimum absolute atomic E-state index is 0.00254. The Morgan fingerprint density at radius 3 is 2.38 bits per heavy atom. The first kappa shape index (κ1) is 13.0. The molecule has 3 aromatic rings. The molecular formula is C14H8F2N2O3. The van der Waals surface area contributed by atoms with Gasteiger partial charge in [0.05, 0.1) is 16.5 Å². The molecule has 0 aliphatic heterocycles. The summed E-state index contributed by atoms with van der Waals surface area (Å²) >= 11 is 0. The summed E-state index contributed by atoms with van der Waals surface area (Å²) in [6.45, 7) is 0. The molecule has 0 bridgehead atoms. The van der Waals surface area contributed by atoms with Crippen LogP contribution in [0.3, 0.4) is 0 Å². The van der Waals surface area contributed by atoms with E-state index in [-0.39, 0.29) is 15.8 Å². The molecule has 0 aliphatic rings. The fourth-order valence-electron chi connectivity index (χ4n) is 2.15. The Kier molecular flexibility index (Phi) is 2.83. The molecule has 0 radical (unpaired) electrons. The number of benzene rings is 1. The summed E-state index contributed by atoms with van der Waals surface area (Å²) in [5.74, 6) is -2.69. The van der Waals surface area contributed by atoms with Crippen molar-refractivity contribution in [3.63, 3.8) is 0 Å². The fourth-order valence-corrected chi connectivity index (χ4v) is 2.15. The second-order valence-electron chi connectivity index (χ2n) is 4.31. The number of hydrogen-bond acceptors (Lipinski definition) is 4. The number of fused-ring (bicyclic) bond motifs is 1. The lowest BCUT2D eigenvalue weighted by molar-refractivity contribution is 0.186. The van der Waals surface area contributed by atoms with Gasteiger partial charge in [0.25, 0.3) is 5.56 Å². The first-order valence-corrected chi connectivity index (χ1v) is 5.88. The molecule has 0 aliphatic carbocycles. The summed E-state index contributed by atoms with van der Waals surface area (Å²) in [6.07, 6.45) is 1.30. The third-order valence-corrected chi connectivity index (χ3v) is 3.10. The smallest absolute Gasteiger partial charge is 0.296 e. The van der Waals surface area contributed by atoms with E-state index < -0.39 is 34.1 Å². The predicted octanol–water partition coefficient (Wildman–Crippen LogP) is 2.28. The largest absolute Gasteiger partial charge is 0.506 e. The van der Waals surface area contributed by atoms with Crippen LogP contribution < -0.4 is 5.56 Å². The minimum Gasteiger partial charge on any atom is -0.506 e. The van der Waals surface area contributed by atoms with E-state index in [4.69, 9.17) is 0 Å². The summed E-state index contributed by atoms with van der Waals surface area (Å²) in [5, 5.41) is 19.9. The number of pyridine rings is 2. The van der Waals surface area contributed by atoms with E-state index in [1.165, 1.54) is 18.3 Å². The Morgan fingerprint density at radius 2 is 1.71 bits per heavy atom. The zero-order chi connectivity index (χ0) is 15.1. The van der Waals surface area contributed by atoms with E-state index in [1.54, 1.807) is 0 Å². The maximum atomic E-state index is 13.8. The summed E-state index contributed by atoms with van der Waals surface area (Å²) in [4.78, 5) is 15.8. The van der Waals surface area contributed by atoms with Crippen LogP contribution in [0.25, 0.3) is 22.2 Å². The Bertz CT molecular complexity index is 902. The molecule has 21 heavy (non-hydrogen) atoms. The van der Waals surface area contributed by atoms with Gasteiger partial charge in [-0.1, -0.05) is 6.07 Å². The molecule has 0 unspecified atom stereocenters. The van der Waals surface area contributed by atoms with Crippen LogP contribution in [-0.2, 0) is 0 Å². The van der Waals surface area contributed by atoms with Crippen molar-refractivity contribution in [1.29, 1.82) is 0 Å². The lowest BCUT2D eigenvalue weighted by Crippen LogP contribution is -2.21. The van der Waals surface area contributed by atoms with Gasteiger partial charge in [-0.3, -0.25) is 4.79 Å². The molecule has 106 valence electrons. The lowest BCUT2D eigenvalue weighted by atomic mass is 10.0. The molecule has 2 N–H and O–H groups in total. The highest BCUT2D eigenvalue weighted by atomic mass is 19.1. The van der Waals surface area contributed by atoms with Crippen molar-refractivity contribution in [3.8, 4) is 16.9 Å². The van der Waals surface area contributed by atoms with Gasteiger partial charge in [0.2, 0.25) is 0 Å². The zero-order valence-corrected chi connectivity index (χ0v) is 10.4. The predicted molar refractivity (Wildman–Crippen MR) is 70.2 cm³/mol. The van der Waals surface area contributed by atoms with Crippen molar-refractivity contribution in [2.24, 2.45) is 0 Å². The molecule has 0 saturated carbocycles. The van der Waals surface area contributed by atoms with E-state index in [9.17, 15) is 23.9 Å². The summed E-state index contributed by atoms with van der Waals surface area (Å²) in [6, 6.07) is 5.85. The first-order chi connectivity index (χ1) is 10.0. The van der Waals surface area contributed by atoms with Gasteiger partial charge in [-0.05, 0) is 24.3 Å². The number of nitrogens with zero attached hydrogens (tertiary/aromatic N) is 2. The van der Waals surface area contributed by atoms with Crippen LogP contribution in [0.2, 0.25) is 0 Å². The van der Waals surface area contributed by atoms with Gasteiger partial charge in [0.1, 0.15) is 17.4 Å². The highest BCUT2D eigenvalue weighted by Crippen LogP contribution is 2.34. The van der Waals surface area contributed by atoms with Crippen molar-refractivity contribution in [2.45, 2.75) is 0 Å². The van der Waals surface area contributed by atoms with E-state index in [2.05, 4.69) is 4.98 Å². The fraction of sp³-hybridized carbons (Fsp3) is 0. The SMILES string of the molecule is O=c1c(-c2c(F)cccc2F)c(O)c2cccnc2n1O. The van der Waals surface area contributed by atoms with Crippen LogP contribution in [0.15, 0.2) is 41.3 Å². The molecule has 0 amide bonds. The molecule has 7 heteroatoms. The minimum atomic E-state index is -1.16. The standard InChI is InChI=1S/C14H8F2N2O3/c15-8-4-1-5-9(16)10(8)11-12(19)7-3-2-6-17-13(7)18(21)14(11)20/h1-6,19,21H. The number of hydrogen-bond donors (Lipinski definition) is 2. The van der Waals surface area contributed by atoms with Gasteiger partial charge in [-0.25, -0.2) is 13.8 Å². The van der Waals surface area contributed by atoms with E-state index in [0.717, 1.165) is 18.2 Å². The van der Waals surface area contributed by atoms with Crippen molar-refractivity contribution >= 4 is 11.0 Å². The topological polar surface area (TPSA) is 75.3 Å². The Balaban J connectivity index is 2.53. The number of rotatable bonds is 1. The second kappa shape index (κ2) is 4.55. The maximum Gasteiger partial charge on any atom is 0.296 e. The average molecular weight is 290 g/mol. The normalized spacial score (nSPS) is 11.0. The number of halogens is 2. The number of aromatic hydroxyl groups is 1.